The molecule has 2 N–H and O–H groups in total. The molecule has 14 heavy (non-hydrogen) atoms. The molecule has 2 heterocycles. The molecule has 0 saturated carbocycles. The van der Waals surface area contributed by atoms with Crippen molar-refractivity contribution in [3.8, 4) is 0 Å². The van der Waals surface area contributed by atoms with Gasteiger partial charge in [-0.15, -0.1) is 0 Å². The highest BCUT2D eigenvalue weighted by Gasteiger charge is 2.39. The fourth-order valence-corrected chi connectivity index (χ4v) is 4.79. The van der Waals surface area contributed by atoms with Gasteiger partial charge >= 0.3 is 0 Å². The molecule has 0 aromatic carbocycles. The van der Waals surface area contributed by atoms with Crippen LogP contribution in [-0.4, -0.2) is 57.3 Å². The monoisotopic (exact) mass is 234 g/mol. The summed E-state index contributed by atoms with van der Waals surface area (Å²) < 4.78 is 11.3. The van der Waals surface area contributed by atoms with Crippen molar-refractivity contribution in [2.24, 2.45) is 5.73 Å². The van der Waals surface area contributed by atoms with Crippen molar-refractivity contribution in [2.45, 2.75) is 12.0 Å². The van der Waals surface area contributed by atoms with Gasteiger partial charge in [0.15, 0.2) is 0 Å². The second-order valence-electron chi connectivity index (χ2n) is 4.07. The first-order valence-electron chi connectivity index (χ1n) is 5.15. The van der Waals surface area contributed by atoms with Gasteiger partial charge in [0.1, 0.15) is 0 Å². The van der Waals surface area contributed by atoms with E-state index in [1.807, 2.05) is 11.8 Å². The van der Waals surface area contributed by atoms with Gasteiger partial charge < -0.3 is 5.73 Å². The van der Waals surface area contributed by atoms with Crippen molar-refractivity contribution in [3.63, 3.8) is 0 Å². The summed E-state index contributed by atoms with van der Waals surface area (Å²) in [5.41, 5.74) is 6.13. The lowest BCUT2D eigenvalue weighted by atomic mass is 9.96. The SMILES string of the molecule is NCC1(N2CCS(=O)CC2)CCSC1. The van der Waals surface area contributed by atoms with Crippen LogP contribution in [-0.2, 0) is 10.8 Å². The lowest BCUT2D eigenvalue weighted by molar-refractivity contribution is 0.129. The highest BCUT2D eigenvalue weighted by molar-refractivity contribution is 7.99. The maximum absolute atomic E-state index is 11.3. The summed E-state index contributed by atoms with van der Waals surface area (Å²) in [5.74, 6) is 4.08. The normalized spacial score (nSPS) is 36.4. The van der Waals surface area contributed by atoms with Gasteiger partial charge in [-0.1, -0.05) is 0 Å². The molecular formula is C9H18N2OS2. The molecule has 0 aliphatic carbocycles. The first kappa shape index (κ1) is 10.9. The number of rotatable bonds is 2. The van der Waals surface area contributed by atoms with Crippen LogP contribution in [0, 0.1) is 0 Å². The third-order valence-corrected chi connectivity index (χ3v) is 5.82. The van der Waals surface area contributed by atoms with Crippen molar-refractivity contribution in [2.75, 3.05) is 42.6 Å². The molecule has 3 nitrogen and oxygen atoms in total. The van der Waals surface area contributed by atoms with Gasteiger partial charge in [0, 0.05) is 53.2 Å². The van der Waals surface area contributed by atoms with Crippen LogP contribution in [0.15, 0.2) is 0 Å². The second-order valence-corrected chi connectivity index (χ2v) is 6.87. The first-order chi connectivity index (χ1) is 6.77. The molecule has 2 fully saturated rings. The zero-order valence-electron chi connectivity index (χ0n) is 8.41. The zero-order chi connectivity index (χ0) is 10.0. The molecule has 0 aromatic heterocycles. The van der Waals surface area contributed by atoms with Crippen LogP contribution in [0.1, 0.15) is 6.42 Å². The molecule has 1 unspecified atom stereocenters. The third kappa shape index (κ3) is 2.01. The Balaban J connectivity index is 2.01. The Morgan fingerprint density at radius 1 is 1.43 bits per heavy atom. The van der Waals surface area contributed by atoms with Crippen LogP contribution in [0.5, 0.6) is 0 Å². The Kier molecular flexibility index (Phi) is 3.52. The van der Waals surface area contributed by atoms with E-state index < -0.39 is 10.8 Å². The highest BCUT2D eigenvalue weighted by Crippen LogP contribution is 2.33. The molecule has 0 spiro atoms. The quantitative estimate of drug-likeness (QED) is 0.724. The van der Waals surface area contributed by atoms with E-state index in [-0.39, 0.29) is 5.54 Å². The van der Waals surface area contributed by atoms with Gasteiger partial charge in [-0.25, -0.2) is 0 Å². The van der Waals surface area contributed by atoms with Crippen LogP contribution in [0.3, 0.4) is 0 Å². The topological polar surface area (TPSA) is 46.3 Å². The fraction of sp³-hybridized carbons (Fsp3) is 1.00. The van der Waals surface area contributed by atoms with Gasteiger partial charge in [0.05, 0.1) is 0 Å². The maximum atomic E-state index is 11.3. The average molecular weight is 234 g/mol. The molecule has 0 aromatic rings. The Labute approximate surface area is 92.2 Å². The summed E-state index contributed by atoms with van der Waals surface area (Å²) in [6.07, 6.45) is 1.21. The summed E-state index contributed by atoms with van der Waals surface area (Å²) in [6, 6.07) is 0. The lowest BCUT2D eigenvalue weighted by Crippen LogP contribution is -2.58. The second kappa shape index (κ2) is 4.51. The van der Waals surface area contributed by atoms with E-state index in [4.69, 9.17) is 5.73 Å². The van der Waals surface area contributed by atoms with Crippen LogP contribution in [0.25, 0.3) is 0 Å². The van der Waals surface area contributed by atoms with Crippen LogP contribution >= 0.6 is 11.8 Å². The number of hydrogen-bond donors (Lipinski definition) is 1. The van der Waals surface area contributed by atoms with E-state index in [9.17, 15) is 4.21 Å². The standard InChI is InChI=1S/C9H18N2OS2/c10-7-9(1-4-13-8-9)11-2-5-14(12)6-3-11/h1-8,10H2. The van der Waals surface area contributed by atoms with Crippen molar-refractivity contribution < 1.29 is 4.21 Å². The summed E-state index contributed by atoms with van der Waals surface area (Å²) in [5, 5.41) is 0. The molecule has 2 aliphatic rings. The van der Waals surface area contributed by atoms with E-state index in [0.29, 0.717) is 0 Å². The van der Waals surface area contributed by atoms with Crippen LogP contribution in [0.4, 0.5) is 0 Å². The first-order valence-corrected chi connectivity index (χ1v) is 7.79. The van der Waals surface area contributed by atoms with Gasteiger partial charge in [0.2, 0.25) is 0 Å². The third-order valence-electron chi connectivity index (χ3n) is 3.31. The molecule has 5 heteroatoms. The summed E-state index contributed by atoms with van der Waals surface area (Å²) in [7, 11) is -0.571. The molecule has 2 rings (SSSR count). The summed E-state index contributed by atoms with van der Waals surface area (Å²) >= 11 is 2.00. The molecule has 2 aliphatic heterocycles. The largest absolute Gasteiger partial charge is 0.329 e. The smallest absolute Gasteiger partial charge is 0.0430 e. The molecule has 2 saturated heterocycles. The zero-order valence-corrected chi connectivity index (χ0v) is 10.0. The minimum absolute atomic E-state index is 0.231. The van der Waals surface area contributed by atoms with E-state index >= 15 is 0 Å². The number of nitrogens with two attached hydrogens (primary N) is 1. The predicted octanol–water partition coefficient (Wildman–Crippen LogP) is -0.115. The van der Waals surface area contributed by atoms with Crippen LogP contribution < -0.4 is 5.73 Å². The molecule has 1 atom stereocenters. The van der Waals surface area contributed by atoms with E-state index in [0.717, 1.165) is 36.9 Å². The lowest BCUT2D eigenvalue weighted by Gasteiger charge is -2.42. The number of nitrogens with zero attached hydrogens (tertiary/aromatic N) is 1. The Hall–Kier alpha value is 0.420. The number of hydrogen-bond acceptors (Lipinski definition) is 4. The van der Waals surface area contributed by atoms with Crippen molar-refractivity contribution in [1.29, 1.82) is 0 Å². The summed E-state index contributed by atoms with van der Waals surface area (Å²) in [4.78, 5) is 2.48. The Bertz CT molecular complexity index is 219. The van der Waals surface area contributed by atoms with Gasteiger partial charge in [0.25, 0.3) is 0 Å². The molecule has 0 bridgehead atoms. The van der Waals surface area contributed by atoms with Gasteiger partial charge in [-0.05, 0) is 12.2 Å². The Morgan fingerprint density at radius 3 is 2.64 bits per heavy atom. The van der Waals surface area contributed by atoms with Gasteiger partial charge in [-0.3, -0.25) is 9.11 Å². The van der Waals surface area contributed by atoms with Crippen molar-refractivity contribution in [3.05, 3.63) is 0 Å². The maximum Gasteiger partial charge on any atom is 0.0430 e. The Morgan fingerprint density at radius 2 is 2.14 bits per heavy atom. The van der Waals surface area contributed by atoms with Gasteiger partial charge in [-0.2, -0.15) is 11.8 Å². The average Bonchev–Trinajstić information content (AvgIpc) is 2.68. The molecular weight excluding hydrogens is 216 g/mol. The highest BCUT2D eigenvalue weighted by atomic mass is 32.2. The minimum atomic E-state index is -0.571. The molecule has 0 radical (unpaired) electrons. The van der Waals surface area contributed by atoms with Crippen LogP contribution in [0.2, 0.25) is 0 Å². The predicted molar refractivity (Wildman–Crippen MR) is 63.2 cm³/mol. The fourth-order valence-electron chi connectivity index (χ4n) is 2.25. The van der Waals surface area contributed by atoms with Crippen molar-refractivity contribution in [1.82, 2.24) is 4.90 Å². The van der Waals surface area contributed by atoms with E-state index in [1.54, 1.807) is 0 Å². The molecule has 82 valence electrons. The molecule has 0 amide bonds. The van der Waals surface area contributed by atoms with E-state index in [2.05, 4.69) is 4.90 Å². The number of thioether (sulfide) groups is 1. The van der Waals surface area contributed by atoms with Crippen molar-refractivity contribution >= 4 is 22.6 Å². The summed E-state index contributed by atoms with van der Waals surface area (Å²) in [6.45, 7) is 2.71. The minimum Gasteiger partial charge on any atom is -0.329 e. The van der Waals surface area contributed by atoms with E-state index in [1.165, 1.54) is 12.2 Å².